The van der Waals surface area contributed by atoms with Crippen LogP contribution in [-0.2, 0) is 19.4 Å². The second kappa shape index (κ2) is 7.57. The van der Waals surface area contributed by atoms with Crippen molar-refractivity contribution in [3.8, 4) is 5.75 Å². The highest BCUT2D eigenvalue weighted by atomic mass is 19.1. The predicted molar refractivity (Wildman–Crippen MR) is 105 cm³/mol. The Morgan fingerprint density at radius 2 is 2.14 bits per heavy atom. The van der Waals surface area contributed by atoms with Crippen LogP contribution < -0.4 is 10.1 Å². The lowest BCUT2D eigenvalue weighted by atomic mass is 9.80. The van der Waals surface area contributed by atoms with Crippen LogP contribution in [0.25, 0.3) is 0 Å². The molecule has 0 bridgehead atoms. The van der Waals surface area contributed by atoms with Crippen LogP contribution in [0.1, 0.15) is 55.0 Å². The van der Waals surface area contributed by atoms with E-state index >= 15 is 4.39 Å². The van der Waals surface area contributed by atoms with Crippen LogP contribution >= 0.6 is 0 Å². The number of ether oxygens (including phenoxy) is 1. The van der Waals surface area contributed by atoms with Crippen LogP contribution in [0.4, 0.5) is 4.39 Å². The Kier molecular flexibility index (Phi) is 5.13. The lowest BCUT2D eigenvalue weighted by molar-refractivity contribution is 0.0474. The average Bonchev–Trinajstić information content (AvgIpc) is 3.16. The van der Waals surface area contributed by atoms with Gasteiger partial charge in [0.25, 0.3) is 5.91 Å². The standard InChI is InChI=1S/C22H28FN3O2/c1-3-22(23,4-2)16-9-10-20-25-18(13-26(20)12-16)21(27)24-17-11-15-7-5-6-8-19(15)28-14-17/h5-8,13,16-17H,3-4,9-12,14H2,1-2H3,(H,24,27)/t16?,17-/m1/s1. The molecule has 2 aliphatic rings. The molecule has 28 heavy (non-hydrogen) atoms. The van der Waals surface area contributed by atoms with Crippen molar-refractivity contribution in [1.82, 2.24) is 14.9 Å². The molecule has 1 aromatic heterocycles. The Labute approximate surface area is 165 Å². The Hall–Kier alpha value is -2.37. The molecular formula is C22H28FN3O2. The normalized spacial score (nSPS) is 21.4. The van der Waals surface area contributed by atoms with Crippen molar-refractivity contribution < 1.29 is 13.9 Å². The number of amides is 1. The van der Waals surface area contributed by atoms with Crippen LogP contribution in [-0.4, -0.2) is 33.8 Å². The van der Waals surface area contributed by atoms with Crippen molar-refractivity contribution >= 4 is 5.91 Å². The van der Waals surface area contributed by atoms with Crippen molar-refractivity contribution in [3.63, 3.8) is 0 Å². The summed E-state index contributed by atoms with van der Waals surface area (Å²) in [4.78, 5) is 17.2. The van der Waals surface area contributed by atoms with Crippen molar-refractivity contribution in [3.05, 3.63) is 47.5 Å². The van der Waals surface area contributed by atoms with Crippen molar-refractivity contribution in [1.29, 1.82) is 0 Å². The van der Waals surface area contributed by atoms with E-state index in [9.17, 15) is 4.79 Å². The number of aryl methyl sites for hydroxylation is 1. The van der Waals surface area contributed by atoms with E-state index in [2.05, 4.69) is 10.3 Å². The maximum absolute atomic E-state index is 15.1. The fourth-order valence-corrected chi connectivity index (χ4v) is 4.48. The number of halogens is 1. The van der Waals surface area contributed by atoms with Gasteiger partial charge in [-0.05, 0) is 37.3 Å². The van der Waals surface area contributed by atoms with Gasteiger partial charge in [-0.15, -0.1) is 0 Å². The molecule has 5 nitrogen and oxygen atoms in total. The summed E-state index contributed by atoms with van der Waals surface area (Å²) in [7, 11) is 0. The van der Waals surface area contributed by atoms with E-state index in [1.807, 2.05) is 42.7 Å². The van der Waals surface area contributed by atoms with Crippen LogP contribution in [0.2, 0.25) is 0 Å². The van der Waals surface area contributed by atoms with Crippen molar-refractivity contribution in [2.45, 2.75) is 64.2 Å². The third kappa shape index (κ3) is 3.52. The summed E-state index contributed by atoms with van der Waals surface area (Å²) in [5.74, 6) is 1.55. The van der Waals surface area contributed by atoms with Crippen molar-refractivity contribution in [2.24, 2.45) is 5.92 Å². The molecule has 150 valence electrons. The molecular weight excluding hydrogens is 357 g/mol. The molecule has 0 fully saturated rings. The van der Waals surface area contributed by atoms with E-state index in [0.717, 1.165) is 30.0 Å². The SMILES string of the molecule is CCC(F)(CC)C1CCc2nc(C(=O)N[C@H]3COc4ccccc4C3)cn2C1. The molecule has 0 radical (unpaired) electrons. The summed E-state index contributed by atoms with van der Waals surface area (Å²) < 4.78 is 22.8. The second-order valence-electron chi connectivity index (χ2n) is 7.97. The third-order valence-electron chi connectivity index (χ3n) is 6.35. The molecule has 0 spiro atoms. The Bertz CT molecular complexity index is 859. The number of carbonyl (C=O) groups is 1. The molecule has 3 heterocycles. The van der Waals surface area contributed by atoms with E-state index in [-0.39, 0.29) is 17.9 Å². The molecule has 0 aliphatic carbocycles. The highest BCUT2D eigenvalue weighted by Crippen LogP contribution is 2.36. The molecule has 4 rings (SSSR count). The zero-order valence-corrected chi connectivity index (χ0v) is 16.6. The Morgan fingerprint density at radius 1 is 1.36 bits per heavy atom. The molecule has 1 aromatic carbocycles. The number of benzene rings is 1. The van der Waals surface area contributed by atoms with Gasteiger partial charge < -0.3 is 14.6 Å². The predicted octanol–water partition coefficient (Wildman–Crippen LogP) is 3.71. The maximum atomic E-state index is 15.1. The van der Waals surface area contributed by atoms with Crippen molar-refractivity contribution in [2.75, 3.05) is 6.61 Å². The van der Waals surface area contributed by atoms with Gasteiger partial charge >= 0.3 is 0 Å². The van der Waals surface area contributed by atoms with Crippen LogP contribution in [0.3, 0.4) is 0 Å². The molecule has 0 saturated heterocycles. The molecule has 1 amide bonds. The van der Waals surface area contributed by atoms with Gasteiger partial charge in [0.15, 0.2) is 0 Å². The maximum Gasteiger partial charge on any atom is 0.271 e. The molecule has 2 atom stereocenters. The van der Waals surface area contributed by atoms with E-state index in [1.54, 1.807) is 6.20 Å². The molecule has 6 heteroatoms. The first kappa shape index (κ1) is 19.0. The van der Waals surface area contributed by atoms with Gasteiger partial charge in [-0.2, -0.15) is 0 Å². The summed E-state index contributed by atoms with van der Waals surface area (Å²) in [5.41, 5.74) is 0.369. The number of aromatic nitrogens is 2. The first-order valence-electron chi connectivity index (χ1n) is 10.3. The monoisotopic (exact) mass is 385 g/mol. The number of nitrogens with zero attached hydrogens (tertiary/aromatic N) is 2. The van der Waals surface area contributed by atoms with Gasteiger partial charge in [-0.3, -0.25) is 4.79 Å². The van der Waals surface area contributed by atoms with Gasteiger partial charge in [0, 0.05) is 25.1 Å². The molecule has 1 N–H and O–H groups in total. The van der Waals surface area contributed by atoms with E-state index in [4.69, 9.17) is 4.74 Å². The number of hydrogen-bond acceptors (Lipinski definition) is 3. The van der Waals surface area contributed by atoms with Crippen LogP contribution in [0, 0.1) is 5.92 Å². The second-order valence-corrected chi connectivity index (χ2v) is 7.97. The lowest BCUT2D eigenvalue weighted by Gasteiger charge is -2.35. The number of para-hydroxylation sites is 1. The van der Waals surface area contributed by atoms with Gasteiger partial charge in [-0.1, -0.05) is 32.0 Å². The van der Waals surface area contributed by atoms with E-state index in [0.29, 0.717) is 38.1 Å². The zero-order valence-electron chi connectivity index (χ0n) is 16.6. The minimum Gasteiger partial charge on any atom is -0.491 e. The molecule has 2 aliphatic heterocycles. The third-order valence-corrected chi connectivity index (χ3v) is 6.35. The Morgan fingerprint density at radius 3 is 2.93 bits per heavy atom. The van der Waals surface area contributed by atoms with Gasteiger partial charge in [0.1, 0.15) is 29.5 Å². The number of carbonyl (C=O) groups excluding carboxylic acids is 1. The Balaban J connectivity index is 1.43. The van der Waals surface area contributed by atoms with Gasteiger partial charge in [-0.25, -0.2) is 9.37 Å². The molecule has 0 saturated carbocycles. The molecule has 1 unspecified atom stereocenters. The quantitative estimate of drug-likeness (QED) is 0.854. The summed E-state index contributed by atoms with van der Waals surface area (Å²) in [6.45, 7) is 4.87. The van der Waals surface area contributed by atoms with Gasteiger partial charge in [0.2, 0.25) is 0 Å². The average molecular weight is 385 g/mol. The number of fused-ring (bicyclic) bond motifs is 2. The smallest absolute Gasteiger partial charge is 0.271 e. The number of nitrogens with one attached hydrogen (secondary N) is 1. The number of alkyl halides is 1. The van der Waals surface area contributed by atoms with E-state index < -0.39 is 5.67 Å². The van der Waals surface area contributed by atoms with Crippen LogP contribution in [0.5, 0.6) is 5.75 Å². The topological polar surface area (TPSA) is 56.1 Å². The lowest BCUT2D eigenvalue weighted by Crippen LogP contribution is -2.42. The number of rotatable bonds is 5. The highest BCUT2D eigenvalue weighted by Gasteiger charge is 2.38. The minimum absolute atomic E-state index is 0.0247. The number of imidazole rings is 1. The largest absolute Gasteiger partial charge is 0.491 e. The fourth-order valence-electron chi connectivity index (χ4n) is 4.48. The first-order chi connectivity index (χ1) is 13.5. The summed E-state index contributed by atoms with van der Waals surface area (Å²) in [6.07, 6.45) is 5.06. The summed E-state index contributed by atoms with van der Waals surface area (Å²) in [5, 5.41) is 3.04. The minimum atomic E-state index is -1.14. The van der Waals surface area contributed by atoms with E-state index in [1.165, 1.54) is 0 Å². The van der Waals surface area contributed by atoms with Crippen LogP contribution in [0.15, 0.2) is 30.5 Å². The summed E-state index contributed by atoms with van der Waals surface area (Å²) >= 11 is 0. The number of hydrogen-bond donors (Lipinski definition) is 1. The summed E-state index contributed by atoms with van der Waals surface area (Å²) in [6, 6.07) is 7.82. The first-order valence-corrected chi connectivity index (χ1v) is 10.3. The molecule has 2 aromatic rings. The zero-order chi connectivity index (χ0) is 19.7. The van der Waals surface area contributed by atoms with Gasteiger partial charge in [0.05, 0.1) is 6.04 Å². The fraction of sp³-hybridized carbons (Fsp3) is 0.545. The highest BCUT2D eigenvalue weighted by molar-refractivity contribution is 5.92.